The first-order chi connectivity index (χ1) is 12.5. The molecule has 1 atom stereocenters. The van der Waals surface area contributed by atoms with Crippen molar-refractivity contribution in [3.05, 3.63) is 28.2 Å². The minimum atomic E-state index is -0.356. The first-order valence-electron chi connectivity index (χ1n) is 8.40. The Bertz CT molecular complexity index is 744. The van der Waals surface area contributed by atoms with Gasteiger partial charge in [0.15, 0.2) is 5.17 Å². The number of aliphatic imine (C=N–C) groups is 1. The van der Waals surface area contributed by atoms with Crippen LogP contribution in [0.3, 0.4) is 0 Å². The van der Waals surface area contributed by atoms with Gasteiger partial charge in [0, 0.05) is 24.8 Å². The molecule has 1 unspecified atom stereocenters. The Hall–Kier alpha value is -1.44. The first-order valence-corrected chi connectivity index (χ1v) is 10.1. The number of rotatable bonds is 5. The van der Waals surface area contributed by atoms with Crippen LogP contribution in [0.5, 0.6) is 0 Å². The lowest BCUT2D eigenvalue weighted by Gasteiger charge is -2.24. The van der Waals surface area contributed by atoms with Crippen LogP contribution in [0, 0.1) is 0 Å². The lowest BCUT2D eigenvalue weighted by atomic mass is 10.2. The summed E-state index contributed by atoms with van der Waals surface area (Å²) in [7, 11) is 0. The number of carbonyl (C=O) groups is 2. The summed E-state index contributed by atoms with van der Waals surface area (Å²) in [5, 5.41) is 1.55. The highest BCUT2D eigenvalue weighted by atomic mass is 35.5. The monoisotopic (exact) mass is 415 g/mol. The van der Waals surface area contributed by atoms with Crippen LogP contribution in [0.15, 0.2) is 23.2 Å². The summed E-state index contributed by atoms with van der Waals surface area (Å²) >= 11 is 13.5. The quantitative estimate of drug-likeness (QED) is 0.723. The maximum atomic E-state index is 12.8. The number of amides is 2. The van der Waals surface area contributed by atoms with Crippen molar-refractivity contribution in [1.82, 2.24) is 9.80 Å². The smallest absolute Gasteiger partial charge is 0.409 e. The molecule has 3 rings (SSSR count). The second-order valence-electron chi connectivity index (χ2n) is 5.98. The molecular formula is C17H19Cl2N3O3S. The highest BCUT2D eigenvalue weighted by Crippen LogP contribution is 2.32. The Labute approximate surface area is 166 Å². The molecule has 9 heteroatoms. The molecule has 1 aromatic carbocycles. The van der Waals surface area contributed by atoms with Gasteiger partial charge in [0.05, 0.1) is 22.3 Å². The van der Waals surface area contributed by atoms with Gasteiger partial charge in [-0.1, -0.05) is 41.9 Å². The molecule has 2 saturated heterocycles. The van der Waals surface area contributed by atoms with E-state index in [9.17, 15) is 9.59 Å². The van der Waals surface area contributed by atoms with E-state index >= 15 is 0 Å². The number of halogens is 2. The molecule has 26 heavy (non-hydrogen) atoms. The predicted octanol–water partition coefficient (Wildman–Crippen LogP) is 4.18. The number of ether oxygens (including phenoxy) is 1. The highest BCUT2D eigenvalue weighted by molar-refractivity contribution is 8.14. The number of cyclic esters (lactones) is 1. The predicted molar refractivity (Wildman–Crippen MR) is 104 cm³/mol. The number of thioether (sulfide) groups is 1. The second-order valence-corrected chi connectivity index (χ2v) is 7.78. The van der Waals surface area contributed by atoms with Gasteiger partial charge < -0.3 is 9.64 Å². The van der Waals surface area contributed by atoms with E-state index in [0.29, 0.717) is 40.6 Å². The van der Waals surface area contributed by atoms with E-state index in [2.05, 4.69) is 4.99 Å². The third kappa shape index (κ3) is 4.27. The van der Waals surface area contributed by atoms with Gasteiger partial charge in [-0.15, -0.1) is 0 Å². The highest BCUT2D eigenvalue weighted by Gasteiger charge is 2.34. The molecule has 6 nitrogen and oxygen atoms in total. The van der Waals surface area contributed by atoms with Crippen LogP contribution >= 0.6 is 35.0 Å². The van der Waals surface area contributed by atoms with Crippen molar-refractivity contribution in [3.8, 4) is 0 Å². The van der Waals surface area contributed by atoms with Gasteiger partial charge in [-0.2, -0.15) is 0 Å². The lowest BCUT2D eigenvalue weighted by Crippen LogP contribution is -2.40. The van der Waals surface area contributed by atoms with Crippen molar-refractivity contribution in [2.24, 2.45) is 4.99 Å². The molecule has 140 valence electrons. The van der Waals surface area contributed by atoms with E-state index < -0.39 is 0 Å². The van der Waals surface area contributed by atoms with E-state index in [-0.39, 0.29) is 24.5 Å². The Morgan fingerprint density at radius 2 is 2.19 bits per heavy atom. The standard InChI is InChI=1S/C17H19Cl2N3O3S/c1-2-12-10-26-16(20-11-3-4-13(18)14(19)9-11)22(12)15(23)5-6-21-7-8-25-17(21)24/h3-4,9,12H,2,5-8,10H2,1H3. The van der Waals surface area contributed by atoms with Gasteiger partial charge in [0.25, 0.3) is 0 Å². The van der Waals surface area contributed by atoms with E-state index in [0.717, 1.165) is 12.2 Å². The molecule has 0 spiro atoms. The summed E-state index contributed by atoms with van der Waals surface area (Å²) < 4.78 is 4.90. The third-order valence-corrected chi connectivity index (χ3v) is 6.12. The average molecular weight is 416 g/mol. The maximum Gasteiger partial charge on any atom is 0.409 e. The topological polar surface area (TPSA) is 62.2 Å². The van der Waals surface area contributed by atoms with Gasteiger partial charge in [-0.25, -0.2) is 9.79 Å². The molecule has 0 bridgehead atoms. The molecular weight excluding hydrogens is 397 g/mol. The van der Waals surface area contributed by atoms with Crippen molar-refractivity contribution in [1.29, 1.82) is 0 Å². The molecule has 2 aliphatic heterocycles. The third-order valence-electron chi connectivity index (χ3n) is 4.28. The molecule has 1 aromatic rings. The molecule has 0 N–H and O–H groups in total. The summed E-state index contributed by atoms with van der Waals surface area (Å²) in [4.78, 5) is 32.2. The van der Waals surface area contributed by atoms with Crippen LogP contribution in [0.2, 0.25) is 10.0 Å². The van der Waals surface area contributed by atoms with E-state index in [1.54, 1.807) is 39.8 Å². The van der Waals surface area contributed by atoms with Crippen LogP contribution in [0.4, 0.5) is 10.5 Å². The Kier molecular flexibility index (Phi) is 6.32. The lowest BCUT2D eigenvalue weighted by molar-refractivity contribution is -0.128. The fraction of sp³-hybridized carbons (Fsp3) is 0.471. The van der Waals surface area contributed by atoms with Gasteiger partial charge in [-0.05, 0) is 24.6 Å². The van der Waals surface area contributed by atoms with Crippen molar-refractivity contribution < 1.29 is 14.3 Å². The van der Waals surface area contributed by atoms with E-state index in [1.165, 1.54) is 0 Å². The zero-order valence-electron chi connectivity index (χ0n) is 14.3. The fourth-order valence-electron chi connectivity index (χ4n) is 2.81. The van der Waals surface area contributed by atoms with Crippen molar-refractivity contribution in [2.75, 3.05) is 25.4 Å². The number of amidine groups is 1. The number of carbonyl (C=O) groups excluding carboxylic acids is 2. The molecule has 0 saturated carbocycles. The number of benzene rings is 1. The van der Waals surface area contributed by atoms with Crippen molar-refractivity contribution >= 4 is 57.8 Å². The largest absolute Gasteiger partial charge is 0.448 e. The summed E-state index contributed by atoms with van der Waals surface area (Å²) in [6.45, 7) is 3.32. The van der Waals surface area contributed by atoms with Gasteiger partial charge in [-0.3, -0.25) is 9.69 Å². The maximum absolute atomic E-state index is 12.8. The summed E-state index contributed by atoms with van der Waals surface area (Å²) in [6, 6.07) is 5.23. The summed E-state index contributed by atoms with van der Waals surface area (Å²) in [5.41, 5.74) is 0.652. The van der Waals surface area contributed by atoms with Crippen molar-refractivity contribution in [2.45, 2.75) is 25.8 Å². The number of nitrogens with zero attached hydrogens (tertiary/aromatic N) is 3. The van der Waals surface area contributed by atoms with Crippen molar-refractivity contribution in [3.63, 3.8) is 0 Å². The minimum absolute atomic E-state index is 0.0413. The van der Waals surface area contributed by atoms with Crippen LogP contribution in [-0.4, -0.2) is 58.5 Å². The normalized spacial score (nSPS) is 21.6. The van der Waals surface area contributed by atoms with Gasteiger partial charge in [0.2, 0.25) is 5.91 Å². The first kappa shape index (κ1) is 19.3. The Morgan fingerprint density at radius 3 is 2.85 bits per heavy atom. The second kappa shape index (κ2) is 8.50. The van der Waals surface area contributed by atoms with Crippen LogP contribution in [0.1, 0.15) is 19.8 Å². The Balaban J connectivity index is 1.74. The molecule has 2 amide bonds. The number of hydrogen-bond donors (Lipinski definition) is 0. The average Bonchev–Trinajstić information content (AvgIpc) is 3.22. The fourth-order valence-corrected chi connectivity index (χ4v) is 4.39. The van der Waals surface area contributed by atoms with Gasteiger partial charge in [0.1, 0.15) is 6.61 Å². The molecule has 0 aliphatic carbocycles. The van der Waals surface area contributed by atoms with Crippen LogP contribution in [-0.2, 0) is 9.53 Å². The molecule has 0 aromatic heterocycles. The van der Waals surface area contributed by atoms with E-state index in [4.69, 9.17) is 27.9 Å². The summed E-state index contributed by atoms with van der Waals surface area (Å²) in [5.74, 6) is 0.758. The minimum Gasteiger partial charge on any atom is -0.448 e. The molecule has 2 heterocycles. The number of hydrogen-bond acceptors (Lipinski definition) is 5. The SMILES string of the molecule is CCC1CSC(=Nc2ccc(Cl)c(Cl)c2)N1C(=O)CCN1CCOC1=O. The molecule has 0 radical (unpaired) electrons. The van der Waals surface area contributed by atoms with Crippen LogP contribution in [0.25, 0.3) is 0 Å². The summed E-state index contributed by atoms with van der Waals surface area (Å²) in [6.07, 6.45) is 0.725. The zero-order chi connectivity index (χ0) is 18.7. The van der Waals surface area contributed by atoms with Crippen LogP contribution < -0.4 is 0 Å². The zero-order valence-corrected chi connectivity index (χ0v) is 16.6. The molecule has 2 aliphatic rings. The van der Waals surface area contributed by atoms with Gasteiger partial charge >= 0.3 is 6.09 Å². The molecule has 2 fully saturated rings. The van der Waals surface area contributed by atoms with E-state index in [1.807, 2.05) is 6.92 Å². The Morgan fingerprint density at radius 1 is 1.38 bits per heavy atom.